The molecule has 4 nitrogen and oxygen atoms in total. The Morgan fingerprint density at radius 3 is 2.55 bits per heavy atom. The van der Waals surface area contributed by atoms with Gasteiger partial charge in [-0.05, 0) is 49.6 Å². The Bertz CT molecular complexity index is 840. The predicted octanol–water partition coefficient (Wildman–Crippen LogP) is 3.70. The molecule has 0 amide bonds. The fraction of sp³-hybridized carbons (Fsp3) is 0.143. The average molecular weight is 328 g/mol. The van der Waals surface area contributed by atoms with E-state index < -0.39 is 11.7 Å². The lowest BCUT2D eigenvalue weighted by molar-refractivity contribution is -0.137. The SMILES string of the molecule is Cc1coc2ccc(C(F)(F)F)cc12.O=c1cccnn1S. The molecular weight excluding hydrogens is 317 g/mol. The number of aromatic nitrogens is 2. The number of aryl methyl sites for hydroxylation is 1. The lowest BCUT2D eigenvalue weighted by atomic mass is 10.1. The zero-order valence-corrected chi connectivity index (χ0v) is 12.2. The molecule has 0 unspecified atom stereocenters. The van der Waals surface area contributed by atoms with Crippen molar-refractivity contribution in [3.63, 3.8) is 0 Å². The minimum Gasteiger partial charge on any atom is -0.464 e. The number of hydrogen-bond donors (Lipinski definition) is 1. The van der Waals surface area contributed by atoms with Crippen LogP contribution in [0.1, 0.15) is 11.1 Å². The monoisotopic (exact) mass is 328 g/mol. The van der Waals surface area contributed by atoms with E-state index in [-0.39, 0.29) is 5.56 Å². The number of rotatable bonds is 0. The standard InChI is InChI=1S/C10H7F3O.C4H4N2OS/c1-6-5-14-9-3-2-7(4-8(6)9)10(11,12)13;7-4-2-1-3-5-6(4)8/h2-5H,1H3;1-3,8H. The van der Waals surface area contributed by atoms with E-state index in [0.717, 1.165) is 16.2 Å². The van der Waals surface area contributed by atoms with Crippen LogP contribution < -0.4 is 5.56 Å². The molecule has 3 aromatic rings. The summed E-state index contributed by atoms with van der Waals surface area (Å²) in [4.78, 5) is 10.4. The second-order valence-corrected chi connectivity index (χ2v) is 4.76. The molecule has 0 fully saturated rings. The van der Waals surface area contributed by atoms with E-state index in [1.165, 1.54) is 24.6 Å². The highest BCUT2D eigenvalue weighted by Crippen LogP contribution is 2.32. The molecule has 0 radical (unpaired) electrons. The van der Waals surface area contributed by atoms with Crippen LogP contribution in [0.4, 0.5) is 13.2 Å². The van der Waals surface area contributed by atoms with Crippen molar-refractivity contribution < 1.29 is 17.6 Å². The van der Waals surface area contributed by atoms with E-state index in [4.69, 9.17) is 4.42 Å². The van der Waals surface area contributed by atoms with Crippen LogP contribution in [0.15, 0.2) is 52.0 Å². The third kappa shape index (κ3) is 3.70. The Labute approximate surface area is 128 Å². The maximum absolute atomic E-state index is 12.3. The first-order chi connectivity index (χ1) is 10.3. The summed E-state index contributed by atoms with van der Waals surface area (Å²) in [7, 11) is 0. The van der Waals surface area contributed by atoms with Gasteiger partial charge in [0, 0.05) is 17.6 Å². The quantitative estimate of drug-likeness (QED) is 0.640. The maximum Gasteiger partial charge on any atom is 0.416 e. The summed E-state index contributed by atoms with van der Waals surface area (Å²) in [6.07, 6.45) is -1.35. The summed E-state index contributed by atoms with van der Waals surface area (Å²) in [5.74, 6) is 0. The zero-order chi connectivity index (χ0) is 16.3. The van der Waals surface area contributed by atoms with Gasteiger partial charge in [0.25, 0.3) is 5.56 Å². The summed E-state index contributed by atoms with van der Waals surface area (Å²) in [5, 5.41) is 4.06. The van der Waals surface area contributed by atoms with Crippen LogP contribution in [0.3, 0.4) is 0 Å². The lowest BCUT2D eigenvalue weighted by Crippen LogP contribution is -2.12. The summed E-state index contributed by atoms with van der Waals surface area (Å²) in [5.41, 5.74) is 0.340. The molecule has 0 N–H and O–H groups in total. The van der Waals surface area contributed by atoms with Crippen LogP contribution in [0.25, 0.3) is 11.0 Å². The van der Waals surface area contributed by atoms with E-state index in [1.807, 2.05) is 0 Å². The van der Waals surface area contributed by atoms with Crippen molar-refractivity contribution in [2.24, 2.45) is 0 Å². The smallest absolute Gasteiger partial charge is 0.416 e. The van der Waals surface area contributed by atoms with Crippen molar-refractivity contribution in [2.75, 3.05) is 0 Å². The van der Waals surface area contributed by atoms with Gasteiger partial charge in [-0.25, -0.2) is 0 Å². The van der Waals surface area contributed by atoms with Gasteiger partial charge in [0.1, 0.15) is 5.58 Å². The molecule has 2 heterocycles. The van der Waals surface area contributed by atoms with Gasteiger partial charge in [0.05, 0.1) is 11.8 Å². The first kappa shape index (κ1) is 16.2. The van der Waals surface area contributed by atoms with Gasteiger partial charge in [0.2, 0.25) is 0 Å². The normalized spacial score (nSPS) is 11.1. The van der Waals surface area contributed by atoms with Gasteiger partial charge >= 0.3 is 6.18 Å². The first-order valence-electron chi connectivity index (χ1n) is 6.07. The average Bonchev–Trinajstić information content (AvgIpc) is 2.83. The van der Waals surface area contributed by atoms with Crippen molar-refractivity contribution in [1.29, 1.82) is 0 Å². The van der Waals surface area contributed by atoms with Gasteiger partial charge in [-0.1, -0.05) is 0 Å². The minimum absolute atomic E-state index is 0.212. The van der Waals surface area contributed by atoms with Crippen LogP contribution >= 0.6 is 12.8 Å². The first-order valence-corrected chi connectivity index (χ1v) is 6.47. The largest absolute Gasteiger partial charge is 0.464 e. The van der Waals surface area contributed by atoms with E-state index in [9.17, 15) is 18.0 Å². The number of nitrogens with zero attached hydrogens (tertiary/aromatic N) is 2. The highest BCUT2D eigenvalue weighted by Gasteiger charge is 2.30. The molecule has 0 saturated heterocycles. The molecule has 3 rings (SSSR count). The molecule has 0 bridgehead atoms. The summed E-state index contributed by atoms with van der Waals surface area (Å²) >= 11 is 3.69. The molecule has 1 aromatic carbocycles. The van der Waals surface area contributed by atoms with Crippen LogP contribution in [-0.2, 0) is 6.18 Å². The third-order valence-corrected chi connectivity index (χ3v) is 3.09. The Kier molecular flexibility index (Phi) is 4.60. The van der Waals surface area contributed by atoms with Crippen molar-refractivity contribution in [1.82, 2.24) is 9.19 Å². The Morgan fingerprint density at radius 1 is 1.27 bits per heavy atom. The lowest BCUT2D eigenvalue weighted by Gasteiger charge is -2.05. The molecule has 2 aromatic heterocycles. The molecule has 116 valence electrons. The van der Waals surface area contributed by atoms with Gasteiger partial charge in [-0.2, -0.15) is 22.4 Å². The van der Waals surface area contributed by atoms with Gasteiger partial charge < -0.3 is 4.42 Å². The van der Waals surface area contributed by atoms with Crippen molar-refractivity contribution in [3.05, 3.63) is 64.3 Å². The van der Waals surface area contributed by atoms with Crippen LogP contribution in [0, 0.1) is 6.92 Å². The van der Waals surface area contributed by atoms with Gasteiger partial charge in [-0.3, -0.25) is 4.79 Å². The molecule has 0 atom stereocenters. The van der Waals surface area contributed by atoms with Crippen molar-refractivity contribution in [2.45, 2.75) is 13.1 Å². The van der Waals surface area contributed by atoms with E-state index in [2.05, 4.69) is 17.9 Å². The Morgan fingerprint density at radius 2 is 2.00 bits per heavy atom. The van der Waals surface area contributed by atoms with Crippen LogP contribution in [0.2, 0.25) is 0 Å². The number of fused-ring (bicyclic) bond motifs is 1. The number of halogens is 3. The van der Waals surface area contributed by atoms with E-state index in [1.54, 1.807) is 13.0 Å². The van der Waals surface area contributed by atoms with E-state index in [0.29, 0.717) is 16.5 Å². The fourth-order valence-corrected chi connectivity index (χ4v) is 1.81. The molecular formula is C14H11F3N2O2S. The topological polar surface area (TPSA) is 48.0 Å². The number of hydrogen-bond acceptors (Lipinski definition) is 4. The Hall–Kier alpha value is -2.22. The van der Waals surface area contributed by atoms with Crippen molar-refractivity contribution >= 4 is 23.8 Å². The second kappa shape index (κ2) is 6.27. The molecule has 0 aliphatic heterocycles. The van der Waals surface area contributed by atoms with Gasteiger partial charge in [0.15, 0.2) is 0 Å². The molecule has 22 heavy (non-hydrogen) atoms. The molecule has 0 aliphatic carbocycles. The molecule has 0 spiro atoms. The van der Waals surface area contributed by atoms with Gasteiger partial charge in [-0.15, -0.1) is 0 Å². The molecule has 0 saturated carbocycles. The third-order valence-electron chi connectivity index (χ3n) is 2.79. The number of thiol groups is 1. The minimum atomic E-state index is -4.29. The molecule has 0 aliphatic rings. The number of alkyl halides is 3. The summed E-state index contributed by atoms with van der Waals surface area (Å²) in [6.45, 7) is 1.71. The summed E-state index contributed by atoms with van der Waals surface area (Å²) in [6, 6.07) is 6.42. The number of furan rings is 1. The fourth-order valence-electron chi connectivity index (χ4n) is 1.68. The summed E-state index contributed by atoms with van der Waals surface area (Å²) < 4.78 is 43.0. The Balaban J connectivity index is 0.000000188. The van der Waals surface area contributed by atoms with Crippen LogP contribution in [-0.4, -0.2) is 9.19 Å². The maximum atomic E-state index is 12.3. The highest BCUT2D eigenvalue weighted by atomic mass is 32.1. The van der Waals surface area contributed by atoms with Crippen molar-refractivity contribution in [3.8, 4) is 0 Å². The number of benzene rings is 1. The second-order valence-electron chi connectivity index (χ2n) is 4.38. The predicted molar refractivity (Wildman–Crippen MR) is 78.8 cm³/mol. The molecule has 8 heteroatoms. The van der Waals surface area contributed by atoms with E-state index >= 15 is 0 Å². The van der Waals surface area contributed by atoms with Crippen LogP contribution in [0.5, 0.6) is 0 Å². The zero-order valence-electron chi connectivity index (χ0n) is 11.3. The highest BCUT2D eigenvalue weighted by molar-refractivity contribution is 7.78.